The number of phenols is 2. The summed E-state index contributed by atoms with van der Waals surface area (Å²) in [4.78, 5) is 13.1. The van der Waals surface area contributed by atoms with Crippen LogP contribution >= 0.6 is 0 Å². The zero-order valence-electron chi connectivity index (χ0n) is 15.6. The van der Waals surface area contributed by atoms with Crippen LogP contribution in [-0.4, -0.2) is 34.1 Å². The van der Waals surface area contributed by atoms with Gasteiger partial charge in [-0.2, -0.15) is 0 Å². The van der Waals surface area contributed by atoms with Crippen LogP contribution in [0.25, 0.3) is 22.1 Å². The molecule has 146 valence electrons. The molecule has 2 aromatic carbocycles. The van der Waals surface area contributed by atoms with Crippen LogP contribution in [0.15, 0.2) is 45.8 Å². The van der Waals surface area contributed by atoms with E-state index in [0.717, 1.165) is 0 Å². The molecule has 0 aliphatic carbocycles. The second-order valence-corrected chi connectivity index (χ2v) is 7.34. The van der Waals surface area contributed by atoms with Crippen LogP contribution in [0.3, 0.4) is 0 Å². The second-order valence-electron chi connectivity index (χ2n) is 7.34. The van der Waals surface area contributed by atoms with Crippen molar-refractivity contribution in [1.82, 2.24) is 0 Å². The third-order valence-corrected chi connectivity index (χ3v) is 5.13. The Morgan fingerprint density at radius 2 is 1.82 bits per heavy atom. The van der Waals surface area contributed by atoms with Crippen LogP contribution in [0.5, 0.6) is 17.2 Å². The Kier molecular flexibility index (Phi) is 4.10. The summed E-state index contributed by atoms with van der Waals surface area (Å²) in [5, 5.41) is 30.9. The Bertz CT molecular complexity index is 1110. The van der Waals surface area contributed by atoms with Gasteiger partial charge in [0.1, 0.15) is 52.3 Å². The summed E-state index contributed by atoms with van der Waals surface area (Å²) in [6, 6.07) is 7.59. The monoisotopic (exact) mass is 384 g/mol. The number of methoxy groups -OCH3 is 1. The van der Waals surface area contributed by atoms with E-state index in [1.165, 1.54) is 31.6 Å². The second kappa shape index (κ2) is 6.25. The number of rotatable bonds is 2. The number of aromatic hydroxyl groups is 2. The highest BCUT2D eigenvalue weighted by molar-refractivity contribution is 5.90. The number of phenolic OH excluding ortho intramolecular Hbond substituents is 2. The van der Waals surface area contributed by atoms with Crippen LogP contribution in [0, 0.1) is 0 Å². The third kappa shape index (κ3) is 2.63. The van der Waals surface area contributed by atoms with E-state index in [2.05, 4.69) is 0 Å². The van der Waals surface area contributed by atoms with Gasteiger partial charge < -0.3 is 29.2 Å². The smallest absolute Gasteiger partial charge is 0.204 e. The number of aliphatic hydroxyl groups is 1. The standard InChI is InChI=1S/C21H20O7/c1-21(2)20(25)19(26-3)16-14(28-21)8-13-15(18(16)24)17(23)12(9-27-13)10-4-6-11(22)7-5-10/h4-9,19-20,22,24-25H,1-3H3/t19-,20-/m0/s1. The number of ether oxygens (including phenoxy) is 2. The summed E-state index contributed by atoms with van der Waals surface area (Å²) in [6.07, 6.45) is -0.625. The molecule has 4 rings (SSSR count). The molecular weight excluding hydrogens is 364 g/mol. The molecule has 1 aliphatic rings. The van der Waals surface area contributed by atoms with Crippen molar-refractivity contribution in [2.45, 2.75) is 31.7 Å². The number of benzene rings is 2. The van der Waals surface area contributed by atoms with E-state index in [1.54, 1.807) is 26.0 Å². The predicted octanol–water partition coefficient (Wildman–Crippen LogP) is 3.09. The first-order valence-electron chi connectivity index (χ1n) is 8.75. The third-order valence-electron chi connectivity index (χ3n) is 5.13. The molecule has 1 aromatic heterocycles. The van der Waals surface area contributed by atoms with Gasteiger partial charge in [0.2, 0.25) is 5.43 Å². The molecule has 28 heavy (non-hydrogen) atoms. The summed E-state index contributed by atoms with van der Waals surface area (Å²) in [7, 11) is 1.41. The Morgan fingerprint density at radius 1 is 1.14 bits per heavy atom. The summed E-state index contributed by atoms with van der Waals surface area (Å²) in [6.45, 7) is 3.41. The topological polar surface area (TPSA) is 109 Å². The summed E-state index contributed by atoms with van der Waals surface area (Å²) in [5.41, 5.74) is -0.273. The van der Waals surface area contributed by atoms with E-state index in [9.17, 15) is 20.1 Å². The van der Waals surface area contributed by atoms with Gasteiger partial charge in [-0.15, -0.1) is 0 Å². The molecule has 2 heterocycles. The lowest BCUT2D eigenvalue weighted by molar-refractivity contribution is -0.124. The van der Waals surface area contributed by atoms with Crippen molar-refractivity contribution in [3.05, 3.63) is 52.4 Å². The average Bonchev–Trinajstić information content (AvgIpc) is 2.64. The highest BCUT2D eigenvalue weighted by Crippen LogP contribution is 2.48. The minimum Gasteiger partial charge on any atom is -0.508 e. The number of aliphatic hydroxyl groups excluding tert-OH is 1. The van der Waals surface area contributed by atoms with Crippen molar-refractivity contribution in [3.8, 4) is 28.4 Å². The van der Waals surface area contributed by atoms with Crippen molar-refractivity contribution in [2.24, 2.45) is 0 Å². The molecule has 3 aromatic rings. The van der Waals surface area contributed by atoms with E-state index in [4.69, 9.17) is 13.9 Å². The lowest BCUT2D eigenvalue weighted by Crippen LogP contribution is -2.49. The quantitative estimate of drug-likeness (QED) is 0.623. The maximum Gasteiger partial charge on any atom is 0.204 e. The molecule has 7 nitrogen and oxygen atoms in total. The predicted molar refractivity (Wildman–Crippen MR) is 102 cm³/mol. The minimum absolute atomic E-state index is 0.0260. The van der Waals surface area contributed by atoms with Gasteiger partial charge in [-0.1, -0.05) is 12.1 Å². The Labute approximate surface area is 160 Å². The Hall–Kier alpha value is -3.03. The fourth-order valence-corrected chi connectivity index (χ4v) is 3.57. The molecule has 1 aliphatic heterocycles. The summed E-state index contributed by atoms with van der Waals surface area (Å²) >= 11 is 0. The van der Waals surface area contributed by atoms with Gasteiger partial charge in [-0.25, -0.2) is 0 Å². The van der Waals surface area contributed by atoms with E-state index in [0.29, 0.717) is 5.56 Å². The first-order valence-corrected chi connectivity index (χ1v) is 8.75. The van der Waals surface area contributed by atoms with Crippen molar-refractivity contribution >= 4 is 11.0 Å². The van der Waals surface area contributed by atoms with Gasteiger partial charge in [0.25, 0.3) is 0 Å². The van der Waals surface area contributed by atoms with E-state index >= 15 is 0 Å². The molecule has 0 saturated heterocycles. The van der Waals surface area contributed by atoms with Gasteiger partial charge in [0.05, 0.1) is 11.1 Å². The van der Waals surface area contributed by atoms with E-state index in [-0.39, 0.29) is 39.3 Å². The van der Waals surface area contributed by atoms with Crippen molar-refractivity contribution in [3.63, 3.8) is 0 Å². The van der Waals surface area contributed by atoms with Gasteiger partial charge >= 0.3 is 0 Å². The number of hydrogen-bond acceptors (Lipinski definition) is 7. The maximum absolute atomic E-state index is 13.1. The van der Waals surface area contributed by atoms with Crippen LogP contribution in [-0.2, 0) is 4.74 Å². The average molecular weight is 384 g/mol. The highest BCUT2D eigenvalue weighted by Gasteiger charge is 2.45. The van der Waals surface area contributed by atoms with Crippen LogP contribution in [0.1, 0.15) is 25.5 Å². The Balaban J connectivity index is 1.99. The van der Waals surface area contributed by atoms with Crippen LogP contribution < -0.4 is 10.2 Å². The molecule has 2 atom stereocenters. The fraction of sp³-hybridized carbons (Fsp3) is 0.286. The van der Waals surface area contributed by atoms with Gasteiger partial charge in [0.15, 0.2) is 0 Å². The molecular formula is C21H20O7. The zero-order valence-corrected chi connectivity index (χ0v) is 15.6. The van der Waals surface area contributed by atoms with E-state index in [1.807, 2.05) is 0 Å². The molecule has 0 radical (unpaired) electrons. The van der Waals surface area contributed by atoms with Crippen molar-refractivity contribution in [2.75, 3.05) is 7.11 Å². The molecule has 7 heteroatoms. The van der Waals surface area contributed by atoms with Gasteiger partial charge in [-0.05, 0) is 31.5 Å². The molecule has 0 spiro atoms. The highest BCUT2D eigenvalue weighted by atomic mass is 16.5. The molecule has 0 saturated carbocycles. The summed E-state index contributed by atoms with van der Waals surface area (Å²) in [5.74, 6) is 0.0125. The first kappa shape index (κ1) is 18.3. The number of fused-ring (bicyclic) bond motifs is 2. The fourth-order valence-electron chi connectivity index (χ4n) is 3.57. The zero-order chi connectivity index (χ0) is 20.2. The lowest BCUT2D eigenvalue weighted by atomic mass is 9.87. The molecule has 0 unspecified atom stereocenters. The molecule has 3 N–H and O–H groups in total. The van der Waals surface area contributed by atoms with Crippen molar-refractivity contribution in [1.29, 1.82) is 0 Å². The van der Waals surface area contributed by atoms with Crippen LogP contribution in [0.4, 0.5) is 0 Å². The van der Waals surface area contributed by atoms with E-state index < -0.39 is 23.2 Å². The van der Waals surface area contributed by atoms with Gasteiger partial charge in [-0.3, -0.25) is 4.79 Å². The molecule has 0 amide bonds. The molecule has 0 bridgehead atoms. The Morgan fingerprint density at radius 3 is 2.46 bits per heavy atom. The van der Waals surface area contributed by atoms with Crippen molar-refractivity contribution < 1.29 is 29.2 Å². The van der Waals surface area contributed by atoms with Crippen LogP contribution in [0.2, 0.25) is 0 Å². The maximum atomic E-state index is 13.1. The molecule has 0 fully saturated rings. The normalized spacial score (nSPS) is 20.6. The minimum atomic E-state index is -1.05. The van der Waals surface area contributed by atoms with Gasteiger partial charge in [0, 0.05) is 13.2 Å². The first-order chi connectivity index (χ1) is 13.2. The lowest BCUT2D eigenvalue weighted by Gasteiger charge is -2.41. The SMILES string of the molecule is CO[C@H]1c2c(cc3occ(-c4ccc(O)cc4)c(=O)c3c2O)OC(C)(C)[C@H]1O. The summed E-state index contributed by atoms with van der Waals surface area (Å²) < 4.78 is 16.9. The largest absolute Gasteiger partial charge is 0.508 e. The number of hydrogen-bond donors (Lipinski definition) is 3.